The first-order chi connectivity index (χ1) is 13.7. The van der Waals surface area contributed by atoms with Crippen molar-refractivity contribution in [3.8, 4) is 0 Å². The smallest absolute Gasteiger partial charge is 0.223 e. The maximum atomic E-state index is 13.2. The van der Waals surface area contributed by atoms with Gasteiger partial charge in [-0.25, -0.2) is 0 Å². The molecule has 1 fully saturated rings. The van der Waals surface area contributed by atoms with Crippen molar-refractivity contribution in [1.82, 2.24) is 15.1 Å². The summed E-state index contributed by atoms with van der Waals surface area (Å²) >= 11 is 0. The second-order valence-corrected chi connectivity index (χ2v) is 9.87. The molecule has 1 amide bonds. The maximum Gasteiger partial charge on any atom is 0.223 e. The minimum absolute atomic E-state index is 0.0153. The number of carbonyl (C=O) groups is 1. The molecule has 1 aliphatic heterocycles. The van der Waals surface area contributed by atoms with E-state index in [9.17, 15) is 4.79 Å². The normalized spacial score (nSPS) is 23.4. The molecule has 1 N–H and O–H groups in total. The fraction of sp³-hybridized carbons (Fsp3) is 0.583. The van der Waals surface area contributed by atoms with Crippen molar-refractivity contribution in [2.45, 2.75) is 83.6 Å². The molecule has 1 aromatic heterocycles. The average molecular weight is 396 g/mol. The Bertz CT molecular complexity index is 854. The van der Waals surface area contributed by atoms with E-state index in [1.165, 1.54) is 16.8 Å². The van der Waals surface area contributed by atoms with Crippen LogP contribution in [0.5, 0.6) is 0 Å². The predicted octanol–water partition coefficient (Wildman–Crippen LogP) is 4.41. The Kier molecular flexibility index (Phi) is 5.28. The SMILES string of the molecule is CC1(C)CC(C(=O)NC2CCCc3c2cnn3Cc2ccccc2)CC(C)(C)O1. The van der Waals surface area contributed by atoms with Gasteiger partial charge in [-0.1, -0.05) is 30.3 Å². The van der Waals surface area contributed by atoms with Gasteiger partial charge in [0, 0.05) is 17.2 Å². The molecule has 0 bridgehead atoms. The number of rotatable bonds is 4. The molecule has 2 aliphatic rings. The summed E-state index contributed by atoms with van der Waals surface area (Å²) in [5, 5.41) is 8.00. The minimum atomic E-state index is -0.276. The summed E-state index contributed by atoms with van der Waals surface area (Å²) in [6, 6.07) is 10.5. The Morgan fingerprint density at radius 3 is 2.55 bits per heavy atom. The zero-order chi connectivity index (χ0) is 20.6. The van der Waals surface area contributed by atoms with Crippen molar-refractivity contribution < 1.29 is 9.53 Å². The molecule has 1 aliphatic carbocycles. The highest BCUT2D eigenvalue weighted by Crippen LogP contribution is 2.39. The van der Waals surface area contributed by atoms with Gasteiger partial charge in [-0.15, -0.1) is 0 Å². The number of nitrogens with zero attached hydrogens (tertiary/aromatic N) is 2. The van der Waals surface area contributed by atoms with E-state index in [1.807, 2.05) is 12.3 Å². The van der Waals surface area contributed by atoms with Crippen LogP contribution in [-0.2, 0) is 22.5 Å². The summed E-state index contributed by atoms with van der Waals surface area (Å²) in [5.74, 6) is 0.140. The van der Waals surface area contributed by atoms with Crippen molar-refractivity contribution in [1.29, 1.82) is 0 Å². The highest BCUT2D eigenvalue weighted by Gasteiger charge is 2.42. The Labute approximate surface area is 173 Å². The van der Waals surface area contributed by atoms with Gasteiger partial charge in [0.05, 0.1) is 30.0 Å². The summed E-state index contributed by atoms with van der Waals surface area (Å²) < 4.78 is 8.26. The first-order valence-electron chi connectivity index (χ1n) is 10.8. The standard InChI is InChI=1S/C24H33N3O2/c1-23(2)13-18(14-24(3,4)29-23)22(28)26-20-11-8-12-21-19(20)15-25-27(21)16-17-9-6-5-7-10-17/h5-7,9-10,15,18,20H,8,11-14,16H2,1-4H3,(H,26,28). The van der Waals surface area contributed by atoms with E-state index >= 15 is 0 Å². The molecule has 0 radical (unpaired) electrons. The third-order valence-corrected chi connectivity index (χ3v) is 6.15. The Morgan fingerprint density at radius 2 is 1.86 bits per heavy atom. The van der Waals surface area contributed by atoms with Crippen LogP contribution < -0.4 is 5.32 Å². The molecule has 2 heterocycles. The van der Waals surface area contributed by atoms with Crippen LogP contribution in [-0.4, -0.2) is 26.9 Å². The van der Waals surface area contributed by atoms with Crippen LogP contribution in [0, 0.1) is 5.92 Å². The third-order valence-electron chi connectivity index (χ3n) is 6.15. The molecular weight excluding hydrogens is 362 g/mol. The van der Waals surface area contributed by atoms with Gasteiger partial charge in [-0.3, -0.25) is 9.48 Å². The molecule has 5 heteroatoms. The van der Waals surface area contributed by atoms with E-state index in [2.05, 4.69) is 67.1 Å². The number of hydrogen-bond donors (Lipinski definition) is 1. The van der Waals surface area contributed by atoms with Crippen LogP contribution in [0.25, 0.3) is 0 Å². The summed E-state index contributed by atoms with van der Waals surface area (Å²) in [6.45, 7) is 9.11. The summed E-state index contributed by atoms with van der Waals surface area (Å²) in [4.78, 5) is 13.2. The number of carbonyl (C=O) groups excluding carboxylic acids is 1. The predicted molar refractivity (Wildman–Crippen MR) is 114 cm³/mol. The Hall–Kier alpha value is -2.14. The first-order valence-corrected chi connectivity index (χ1v) is 10.8. The van der Waals surface area contributed by atoms with E-state index in [4.69, 9.17) is 4.74 Å². The van der Waals surface area contributed by atoms with Gasteiger partial charge in [0.15, 0.2) is 0 Å². The number of benzene rings is 1. The fourth-order valence-corrected chi connectivity index (χ4v) is 5.23. The van der Waals surface area contributed by atoms with Crippen LogP contribution in [0.1, 0.15) is 76.2 Å². The lowest BCUT2D eigenvalue weighted by atomic mass is 9.80. The van der Waals surface area contributed by atoms with Crippen molar-refractivity contribution >= 4 is 5.91 Å². The molecule has 156 valence electrons. The first kappa shape index (κ1) is 20.1. The molecule has 5 nitrogen and oxygen atoms in total. The second kappa shape index (κ2) is 7.60. The lowest BCUT2D eigenvalue weighted by molar-refractivity contribution is -0.178. The van der Waals surface area contributed by atoms with Gasteiger partial charge in [0.1, 0.15) is 0 Å². The second-order valence-electron chi connectivity index (χ2n) is 9.87. The number of ether oxygens (including phenoxy) is 1. The topological polar surface area (TPSA) is 56.2 Å². The van der Waals surface area contributed by atoms with E-state index < -0.39 is 0 Å². The van der Waals surface area contributed by atoms with Crippen LogP contribution in [0.3, 0.4) is 0 Å². The molecule has 4 rings (SSSR count). The Balaban J connectivity index is 1.48. The van der Waals surface area contributed by atoms with E-state index in [0.29, 0.717) is 0 Å². The van der Waals surface area contributed by atoms with Crippen molar-refractivity contribution in [2.75, 3.05) is 0 Å². The lowest BCUT2D eigenvalue weighted by Gasteiger charge is -2.45. The van der Waals surface area contributed by atoms with E-state index in [-0.39, 0.29) is 29.1 Å². The van der Waals surface area contributed by atoms with Crippen LogP contribution >= 0.6 is 0 Å². The third kappa shape index (κ3) is 4.55. The molecule has 1 saturated heterocycles. The van der Waals surface area contributed by atoms with Gasteiger partial charge in [0.25, 0.3) is 0 Å². The highest BCUT2D eigenvalue weighted by molar-refractivity contribution is 5.79. The van der Waals surface area contributed by atoms with Crippen LogP contribution in [0.4, 0.5) is 0 Å². The molecule has 0 saturated carbocycles. The average Bonchev–Trinajstić information content (AvgIpc) is 3.04. The summed E-state index contributed by atoms with van der Waals surface area (Å²) in [5.41, 5.74) is 3.14. The van der Waals surface area contributed by atoms with Crippen LogP contribution in [0.2, 0.25) is 0 Å². The molecule has 1 atom stereocenters. The molecule has 29 heavy (non-hydrogen) atoms. The van der Waals surface area contributed by atoms with Gasteiger partial charge < -0.3 is 10.1 Å². The summed E-state index contributed by atoms with van der Waals surface area (Å²) in [6.07, 6.45) is 6.55. The quantitative estimate of drug-likeness (QED) is 0.834. The van der Waals surface area contributed by atoms with E-state index in [0.717, 1.165) is 38.6 Å². The highest BCUT2D eigenvalue weighted by atomic mass is 16.5. The number of amides is 1. The van der Waals surface area contributed by atoms with Gasteiger partial charge in [0.2, 0.25) is 5.91 Å². The van der Waals surface area contributed by atoms with Crippen molar-refractivity contribution in [3.63, 3.8) is 0 Å². The van der Waals surface area contributed by atoms with Crippen LogP contribution in [0.15, 0.2) is 36.5 Å². The van der Waals surface area contributed by atoms with Crippen molar-refractivity contribution in [3.05, 3.63) is 53.3 Å². The number of fused-ring (bicyclic) bond motifs is 1. The largest absolute Gasteiger partial charge is 0.370 e. The lowest BCUT2D eigenvalue weighted by Crippen LogP contribution is -2.49. The fourth-order valence-electron chi connectivity index (χ4n) is 5.23. The molecule has 2 aromatic rings. The molecule has 1 aromatic carbocycles. The number of hydrogen-bond acceptors (Lipinski definition) is 3. The van der Waals surface area contributed by atoms with Gasteiger partial charge in [-0.2, -0.15) is 5.10 Å². The number of aromatic nitrogens is 2. The van der Waals surface area contributed by atoms with Crippen molar-refractivity contribution in [2.24, 2.45) is 5.92 Å². The molecule has 1 unspecified atom stereocenters. The Morgan fingerprint density at radius 1 is 1.17 bits per heavy atom. The van der Waals surface area contributed by atoms with Gasteiger partial charge in [-0.05, 0) is 65.4 Å². The maximum absolute atomic E-state index is 13.2. The number of nitrogens with one attached hydrogen (secondary N) is 1. The summed E-state index contributed by atoms with van der Waals surface area (Å²) in [7, 11) is 0. The van der Waals surface area contributed by atoms with Gasteiger partial charge >= 0.3 is 0 Å². The molecular formula is C24H33N3O2. The zero-order valence-corrected chi connectivity index (χ0v) is 18.1. The monoisotopic (exact) mass is 395 g/mol. The molecule has 0 spiro atoms. The van der Waals surface area contributed by atoms with E-state index in [1.54, 1.807) is 0 Å². The zero-order valence-electron chi connectivity index (χ0n) is 18.1. The minimum Gasteiger partial charge on any atom is -0.370 e.